The molecule has 6 nitrogen and oxygen atoms in total. The van der Waals surface area contributed by atoms with Crippen molar-refractivity contribution in [3.8, 4) is 11.3 Å². The van der Waals surface area contributed by atoms with Crippen LogP contribution >= 0.6 is 11.6 Å². The third-order valence-electron chi connectivity index (χ3n) is 4.34. The number of hydrogen-bond acceptors (Lipinski definition) is 4. The van der Waals surface area contributed by atoms with E-state index < -0.39 is 11.4 Å². The normalized spacial score (nSPS) is 20.8. The van der Waals surface area contributed by atoms with Crippen LogP contribution in [0, 0.1) is 5.41 Å². The van der Waals surface area contributed by atoms with Crippen molar-refractivity contribution in [2.45, 2.75) is 19.8 Å². The highest BCUT2D eigenvalue weighted by Gasteiger charge is 2.40. The summed E-state index contributed by atoms with van der Waals surface area (Å²) in [6.45, 7) is 2.34. The molecule has 1 aromatic carbocycles. The molecular formula is C17H17ClN2O4. The maximum Gasteiger partial charge on any atom is 0.311 e. The zero-order chi connectivity index (χ0) is 17.3. The van der Waals surface area contributed by atoms with E-state index in [-0.39, 0.29) is 18.1 Å². The molecule has 0 spiro atoms. The van der Waals surface area contributed by atoms with Crippen molar-refractivity contribution in [3.05, 3.63) is 41.0 Å². The molecule has 1 saturated heterocycles. The van der Waals surface area contributed by atoms with Crippen LogP contribution in [0.3, 0.4) is 0 Å². The van der Waals surface area contributed by atoms with Gasteiger partial charge < -0.3 is 14.5 Å². The van der Waals surface area contributed by atoms with Gasteiger partial charge in [0.1, 0.15) is 0 Å². The fourth-order valence-corrected chi connectivity index (χ4v) is 3.09. The van der Waals surface area contributed by atoms with Crippen molar-refractivity contribution in [3.63, 3.8) is 0 Å². The van der Waals surface area contributed by atoms with Crippen LogP contribution in [0.15, 0.2) is 34.9 Å². The Morgan fingerprint density at radius 1 is 1.38 bits per heavy atom. The van der Waals surface area contributed by atoms with Gasteiger partial charge >= 0.3 is 5.97 Å². The van der Waals surface area contributed by atoms with Gasteiger partial charge in [0.25, 0.3) is 5.91 Å². The molecule has 1 aliphatic rings. The average Bonchev–Trinajstić information content (AvgIpc) is 3.04. The molecule has 1 atom stereocenters. The second kappa shape index (κ2) is 6.28. The van der Waals surface area contributed by atoms with Gasteiger partial charge in [0, 0.05) is 29.7 Å². The maximum atomic E-state index is 12.6. The summed E-state index contributed by atoms with van der Waals surface area (Å²) in [5.74, 6) is -0.766. The van der Waals surface area contributed by atoms with Gasteiger partial charge in [0.2, 0.25) is 0 Å². The first kappa shape index (κ1) is 16.5. The van der Waals surface area contributed by atoms with E-state index in [1.54, 1.807) is 31.2 Å². The predicted octanol–water partition coefficient (Wildman–Crippen LogP) is 3.32. The first-order valence-corrected chi connectivity index (χ1v) is 8.02. The fraction of sp³-hybridized carbons (Fsp3) is 0.353. The minimum atomic E-state index is -0.923. The molecule has 1 aliphatic heterocycles. The molecule has 1 aromatic heterocycles. The summed E-state index contributed by atoms with van der Waals surface area (Å²) in [5, 5.41) is 13.8. The van der Waals surface area contributed by atoms with Crippen LogP contribution < -0.4 is 0 Å². The van der Waals surface area contributed by atoms with E-state index in [2.05, 4.69) is 5.16 Å². The highest BCUT2D eigenvalue weighted by atomic mass is 35.5. The molecule has 1 amide bonds. The second-order valence-electron chi connectivity index (χ2n) is 6.28. The highest BCUT2D eigenvalue weighted by molar-refractivity contribution is 6.30. The number of halogens is 1. The van der Waals surface area contributed by atoms with E-state index in [1.165, 1.54) is 4.90 Å². The average molecular weight is 349 g/mol. The molecule has 3 rings (SSSR count). The number of benzene rings is 1. The second-order valence-corrected chi connectivity index (χ2v) is 6.72. The van der Waals surface area contributed by atoms with Gasteiger partial charge in [-0.05, 0) is 31.9 Å². The Morgan fingerprint density at radius 3 is 2.88 bits per heavy atom. The van der Waals surface area contributed by atoms with Gasteiger partial charge in [-0.15, -0.1) is 0 Å². The third-order valence-corrected chi connectivity index (χ3v) is 4.57. The molecule has 1 unspecified atom stereocenters. The molecule has 7 heteroatoms. The van der Waals surface area contributed by atoms with Crippen molar-refractivity contribution >= 4 is 23.5 Å². The number of aromatic nitrogens is 1. The Balaban J connectivity index is 1.80. The van der Waals surface area contributed by atoms with E-state index in [0.29, 0.717) is 30.2 Å². The van der Waals surface area contributed by atoms with Crippen LogP contribution in [0.4, 0.5) is 0 Å². The number of carbonyl (C=O) groups is 2. The summed E-state index contributed by atoms with van der Waals surface area (Å²) in [5.41, 5.74) is -0.0318. The van der Waals surface area contributed by atoms with Crippen LogP contribution in [0.5, 0.6) is 0 Å². The summed E-state index contributed by atoms with van der Waals surface area (Å²) in [6.07, 6.45) is 1.20. The fourth-order valence-electron chi connectivity index (χ4n) is 2.90. The zero-order valence-corrected chi connectivity index (χ0v) is 13.9. The molecule has 0 saturated carbocycles. The topological polar surface area (TPSA) is 83.6 Å². The number of nitrogens with zero attached hydrogens (tertiary/aromatic N) is 2. The van der Waals surface area contributed by atoms with Crippen LogP contribution in [0.25, 0.3) is 11.3 Å². The van der Waals surface area contributed by atoms with Crippen LogP contribution in [0.1, 0.15) is 30.3 Å². The van der Waals surface area contributed by atoms with Gasteiger partial charge in [-0.25, -0.2) is 0 Å². The SMILES string of the molecule is CC1(C(=O)O)CCCN(C(=O)c2cc(-c3cccc(Cl)c3)on2)C1. The summed E-state index contributed by atoms with van der Waals surface area (Å²) in [4.78, 5) is 25.5. The lowest BCUT2D eigenvalue weighted by molar-refractivity contribution is -0.150. The molecule has 0 radical (unpaired) electrons. The number of carboxylic acids is 1. The van der Waals surface area contributed by atoms with Crippen LogP contribution in [-0.4, -0.2) is 40.1 Å². The molecule has 24 heavy (non-hydrogen) atoms. The molecule has 126 valence electrons. The van der Waals surface area contributed by atoms with Crippen molar-refractivity contribution in [2.24, 2.45) is 5.41 Å². The van der Waals surface area contributed by atoms with Gasteiger partial charge in [-0.3, -0.25) is 9.59 Å². The Hall–Kier alpha value is -2.34. The Labute approximate surface area is 144 Å². The molecule has 0 bridgehead atoms. The molecule has 0 aliphatic carbocycles. The number of likely N-dealkylation sites (tertiary alicyclic amines) is 1. The number of hydrogen-bond donors (Lipinski definition) is 1. The van der Waals surface area contributed by atoms with E-state index in [9.17, 15) is 14.7 Å². The largest absolute Gasteiger partial charge is 0.481 e. The number of carbonyl (C=O) groups excluding carboxylic acids is 1. The molecule has 1 fully saturated rings. The number of rotatable bonds is 3. The monoisotopic (exact) mass is 348 g/mol. The van der Waals surface area contributed by atoms with E-state index >= 15 is 0 Å². The smallest absolute Gasteiger partial charge is 0.311 e. The van der Waals surface area contributed by atoms with Crippen molar-refractivity contribution in [2.75, 3.05) is 13.1 Å². The van der Waals surface area contributed by atoms with Gasteiger partial charge in [0.15, 0.2) is 11.5 Å². The quantitative estimate of drug-likeness (QED) is 0.919. The Bertz CT molecular complexity index is 788. The third kappa shape index (κ3) is 3.14. The number of aliphatic carboxylic acids is 1. The van der Waals surface area contributed by atoms with E-state index in [0.717, 1.165) is 5.56 Å². The van der Waals surface area contributed by atoms with Crippen molar-refractivity contribution in [1.29, 1.82) is 0 Å². The summed E-state index contributed by atoms with van der Waals surface area (Å²) < 4.78 is 5.24. The summed E-state index contributed by atoms with van der Waals surface area (Å²) >= 11 is 5.95. The minimum Gasteiger partial charge on any atom is -0.481 e. The van der Waals surface area contributed by atoms with Crippen LogP contribution in [0.2, 0.25) is 5.02 Å². The Morgan fingerprint density at radius 2 is 2.17 bits per heavy atom. The summed E-state index contributed by atoms with van der Waals surface area (Å²) in [7, 11) is 0. The standard InChI is InChI=1S/C17H17ClN2O4/c1-17(16(22)23)6-3-7-20(10-17)15(21)13-9-14(24-19-13)11-4-2-5-12(18)8-11/h2,4-5,8-9H,3,6-7,10H2,1H3,(H,22,23). The number of piperidine rings is 1. The minimum absolute atomic E-state index is 0.166. The summed E-state index contributed by atoms with van der Waals surface area (Å²) in [6, 6.07) is 8.61. The van der Waals surface area contributed by atoms with Gasteiger partial charge in [0.05, 0.1) is 5.41 Å². The van der Waals surface area contributed by atoms with E-state index in [4.69, 9.17) is 16.1 Å². The number of carboxylic acid groups (broad SMARTS) is 1. The molecule has 2 aromatic rings. The first-order valence-electron chi connectivity index (χ1n) is 7.64. The van der Waals surface area contributed by atoms with Crippen molar-refractivity contribution in [1.82, 2.24) is 10.1 Å². The highest BCUT2D eigenvalue weighted by Crippen LogP contribution is 2.31. The lowest BCUT2D eigenvalue weighted by Crippen LogP contribution is -2.48. The number of amides is 1. The molecular weight excluding hydrogens is 332 g/mol. The van der Waals surface area contributed by atoms with Crippen molar-refractivity contribution < 1.29 is 19.2 Å². The molecule has 2 heterocycles. The van der Waals surface area contributed by atoms with Gasteiger partial charge in [-0.1, -0.05) is 28.9 Å². The van der Waals surface area contributed by atoms with Gasteiger partial charge in [-0.2, -0.15) is 0 Å². The van der Waals surface area contributed by atoms with Crippen LogP contribution in [-0.2, 0) is 4.79 Å². The lowest BCUT2D eigenvalue weighted by atomic mass is 9.82. The molecule has 1 N–H and O–H groups in total. The maximum absolute atomic E-state index is 12.6. The predicted molar refractivity (Wildman–Crippen MR) is 87.8 cm³/mol. The lowest BCUT2D eigenvalue weighted by Gasteiger charge is -2.37. The van der Waals surface area contributed by atoms with E-state index in [1.807, 2.05) is 6.07 Å². The Kier molecular flexibility index (Phi) is 4.32. The first-order chi connectivity index (χ1) is 11.4. The zero-order valence-electron chi connectivity index (χ0n) is 13.2.